The third-order valence-corrected chi connectivity index (χ3v) is 2.67. The highest BCUT2D eigenvalue weighted by molar-refractivity contribution is 5.86. The van der Waals surface area contributed by atoms with E-state index in [1.165, 1.54) is 12.1 Å². The Morgan fingerprint density at radius 1 is 1.26 bits per heavy atom. The smallest absolute Gasteiger partial charge is 0.269 e. The van der Waals surface area contributed by atoms with Gasteiger partial charge in [0.05, 0.1) is 11.3 Å². The molecule has 1 N–H and O–H groups in total. The maximum absolute atomic E-state index is 11.6. The van der Waals surface area contributed by atoms with Gasteiger partial charge in [-0.3, -0.25) is 14.9 Å². The van der Waals surface area contributed by atoms with Gasteiger partial charge in [-0.2, -0.15) is 5.10 Å². The number of hydrogen-bond donors (Lipinski definition) is 1. The molecule has 6 heteroatoms. The second-order valence-corrected chi connectivity index (χ2v) is 4.02. The molecule has 1 rings (SSSR count). The van der Waals surface area contributed by atoms with Gasteiger partial charge in [-0.25, -0.2) is 5.43 Å². The molecule has 102 valence electrons. The Balaban J connectivity index is 2.57. The van der Waals surface area contributed by atoms with Crippen molar-refractivity contribution in [2.45, 2.75) is 33.1 Å². The largest absolute Gasteiger partial charge is 0.273 e. The maximum atomic E-state index is 11.6. The van der Waals surface area contributed by atoms with Gasteiger partial charge in [-0.15, -0.1) is 0 Å². The van der Waals surface area contributed by atoms with E-state index in [9.17, 15) is 14.9 Å². The molecule has 1 amide bonds. The molecule has 0 saturated heterocycles. The SMILES string of the molecule is CCC(CC)=NNC(=O)Cc1ccc([N+](=O)[O-])cc1. The van der Waals surface area contributed by atoms with Crippen LogP contribution in [0.3, 0.4) is 0 Å². The molecule has 0 spiro atoms. The van der Waals surface area contributed by atoms with Crippen molar-refractivity contribution < 1.29 is 9.72 Å². The second-order valence-electron chi connectivity index (χ2n) is 4.02. The lowest BCUT2D eigenvalue weighted by molar-refractivity contribution is -0.384. The number of non-ortho nitro benzene ring substituents is 1. The van der Waals surface area contributed by atoms with Gasteiger partial charge in [0, 0.05) is 17.8 Å². The van der Waals surface area contributed by atoms with Crippen LogP contribution in [0.15, 0.2) is 29.4 Å². The summed E-state index contributed by atoms with van der Waals surface area (Å²) in [5, 5.41) is 14.5. The third-order valence-electron chi connectivity index (χ3n) is 2.67. The van der Waals surface area contributed by atoms with E-state index < -0.39 is 4.92 Å². The predicted molar refractivity (Wildman–Crippen MR) is 73.0 cm³/mol. The summed E-state index contributed by atoms with van der Waals surface area (Å²) in [6, 6.07) is 5.91. The van der Waals surface area contributed by atoms with Crippen LogP contribution < -0.4 is 5.43 Å². The van der Waals surface area contributed by atoms with Crippen LogP contribution in [0.4, 0.5) is 5.69 Å². The summed E-state index contributed by atoms with van der Waals surface area (Å²) in [5.41, 5.74) is 4.14. The normalized spacial score (nSPS) is 9.79. The van der Waals surface area contributed by atoms with E-state index in [0.29, 0.717) is 5.56 Å². The van der Waals surface area contributed by atoms with Gasteiger partial charge in [0.1, 0.15) is 0 Å². The minimum absolute atomic E-state index is 0.0152. The summed E-state index contributed by atoms with van der Waals surface area (Å²) < 4.78 is 0. The molecule has 0 fully saturated rings. The molecule has 6 nitrogen and oxygen atoms in total. The first-order valence-corrected chi connectivity index (χ1v) is 6.14. The lowest BCUT2D eigenvalue weighted by Gasteiger charge is -2.03. The Kier molecular flexibility index (Phi) is 5.66. The quantitative estimate of drug-likeness (QED) is 0.486. The summed E-state index contributed by atoms with van der Waals surface area (Å²) in [7, 11) is 0. The summed E-state index contributed by atoms with van der Waals surface area (Å²) in [6.07, 6.45) is 1.75. The number of hydrogen-bond acceptors (Lipinski definition) is 4. The molecule has 1 aromatic rings. The molecule has 0 atom stereocenters. The highest BCUT2D eigenvalue weighted by atomic mass is 16.6. The fourth-order valence-corrected chi connectivity index (χ4v) is 1.51. The number of rotatable bonds is 6. The fraction of sp³-hybridized carbons (Fsp3) is 0.385. The number of carbonyl (C=O) groups excluding carboxylic acids is 1. The first-order chi connectivity index (χ1) is 9.06. The zero-order valence-electron chi connectivity index (χ0n) is 11.0. The monoisotopic (exact) mass is 263 g/mol. The number of nitrogens with zero attached hydrogens (tertiary/aromatic N) is 2. The molecular formula is C13H17N3O3. The molecule has 0 saturated carbocycles. The molecule has 0 unspecified atom stereocenters. The van der Waals surface area contributed by atoms with Crippen LogP contribution in [0.5, 0.6) is 0 Å². The molecule has 0 aliphatic heterocycles. The average Bonchev–Trinajstić information content (AvgIpc) is 2.40. The number of hydrazone groups is 1. The standard InChI is InChI=1S/C13H17N3O3/c1-3-11(4-2)14-15-13(17)9-10-5-7-12(8-6-10)16(18)19/h5-8H,3-4,9H2,1-2H3,(H,15,17). The van der Waals surface area contributed by atoms with E-state index in [-0.39, 0.29) is 18.0 Å². The van der Waals surface area contributed by atoms with Crippen LogP contribution >= 0.6 is 0 Å². The number of nitro benzene ring substituents is 1. The number of nitrogens with one attached hydrogen (secondary N) is 1. The summed E-state index contributed by atoms with van der Waals surface area (Å²) in [5.74, 6) is -0.228. The Morgan fingerprint density at radius 2 is 1.84 bits per heavy atom. The Hall–Kier alpha value is -2.24. The van der Waals surface area contributed by atoms with Crippen molar-refractivity contribution in [2.75, 3.05) is 0 Å². The number of amides is 1. The number of benzene rings is 1. The molecular weight excluding hydrogens is 246 g/mol. The highest BCUT2D eigenvalue weighted by Crippen LogP contribution is 2.12. The van der Waals surface area contributed by atoms with Crippen molar-refractivity contribution in [1.29, 1.82) is 0 Å². The van der Waals surface area contributed by atoms with Crippen molar-refractivity contribution in [1.82, 2.24) is 5.43 Å². The minimum Gasteiger partial charge on any atom is -0.273 e. The Bertz CT molecular complexity index is 474. The van der Waals surface area contributed by atoms with Crippen molar-refractivity contribution in [3.05, 3.63) is 39.9 Å². The van der Waals surface area contributed by atoms with E-state index in [4.69, 9.17) is 0 Å². The van der Waals surface area contributed by atoms with Gasteiger partial charge >= 0.3 is 0 Å². The first-order valence-electron chi connectivity index (χ1n) is 6.14. The molecule has 19 heavy (non-hydrogen) atoms. The predicted octanol–water partition coefficient (Wildman–Crippen LogP) is 2.43. The van der Waals surface area contributed by atoms with Crippen molar-refractivity contribution >= 4 is 17.3 Å². The molecule has 0 bridgehead atoms. The van der Waals surface area contributed by atoms with Crippen LogP contribution in [-0.2, 0) is 11.2 Å². The van der Waals surface area contributed by atoms with Gasteiger partial charge in [-0.1, -0.05) is 26.0 Å². The Morgan fingerprint density at radius 3 is 2.32 bits per heavy atom. The van der Waals surface area contributed by atoms with Crippen molar-refractivity contribution in [2.24, 2.45) is 5.10 Å². The van der Waals surface area contributed by atoms with E-state index in [1.807, 2.05) is 13.8 Å². The van der Waals surface area contributed by atoms with E-state index in [2.05, 4.69) is 10.5 Å². The van der Waals surface area contributed by atoms with E-state index >= 15 is 0 Å². The molecule has 1 aromatic carbocycles. The summed E-state index contributed by atoms with van der Waals surface area (Å²) >= 11 is 0. The molecule has 0 aromatic heterocycles. The maximum Gasteiger partial charge on any atom is 0.269 e. The summed E-state index contributed by atoms with van der Waals surface area (Å²) in [4.78, 5) is 21.6. The lowest BCUT2D eigenvalue weighted by atomic mass is 10.1. The van der Waals surface area contributed by atoms with Gasteiger partial charge in [-0.05, 0) is 18.4 Å². The fourth-order valence-electron chi connectivity index (χ4n) is 1.51. The van der Waals surface area contributed by atoms with Gasteiger partial charge in [0.15, 0.2) is 0 Å². The van der Waals surface area contributed by atoms with Gasteiger partial charge in [0.25, 0.3) is 5.69 Å². The van der Waals surface area contributed by atoms with Crippen LogP contribution in [-0.4, -0.2) is 16.5 Å². The molecule has 0 aliphatic carbocycles. The van der Waals surface area contributed by atoms with Crippen LogP contribution in [0, 0.1) is 10.1 Å². The average molecular weight is 263 g/mol. The van der Waals surface area contributed by atoms with Crippen molar-refractivity contribution in [3.63, 3.8) is 0 Å². The van der Waals surface area contributed by atoms with E-state index in [0.717, 1.165) is 18.6 Å². The zero-order valence-corrected chi connectivity index (χ0v) is 11.0. The zero-order chi connectivity index (χ0) is 14.3. The Labute approximate surface area is 111 Å². The first kappa shape index (κ1) is 14.8. The lowest BCUT2D eigenvalue weighted by Crippen LogP contribution is -2.21. The molecule has 0 heterocycles. The number of nitro groups is 1. The third kappa shape index (κ3) is 4.87. The number of carbonyl (C=O) groups is 1. The van der Waals surface area contributed by atoms with Crippen LogP contribution in [0.1, 0.15) is 32.3 Å². The molecule has 0 radical (unpaired) electrons. The van der Waals surface area contributed by atoms with Crippen LogP contribution in [0.2, 0.25) is 0 Å². The topological polar surface area (TPSA) is 84.6 Å². The second kappa shape index (κ2) is 7.25. The van der Waals surface area contributed by atoms with E-state index in [1.54, 1.807) is 12.1 Å². The van der Waals surface area contributed by atoms with Crippen LogP contribution in [0.25, 0.3) is 0 Å². The molecule has 0 aliphatic rings. The summed E-state index contributed by atoms with van der Waals surface area (Å²) in [6.45, 7) is 3.95. The van der Waals surface area contributed by atoms with Crippen molar-refractivity contribution in [3.8, 4) is 0 Å². The minimum atomic E-state index is -0.469. The highest BCUT2D eigenvalue weighted by Gasteiger charge is 2.07. The van der Waals surface area contributed by atoms with Gasteiger partial charge < -0.3 is 0 Å². The van der Waals surface area contributed by atoms with Gasteiger partial charge in [0.2, 0.25) is 5.91 Å².